The average Bonchev–Trinajstić information content (AvgIpc) is 2.56. The average molecular weight is 394 g/mol. The number of hydrogen-bond donors (Lipinski definition) is 3. The summed E-state index contributed by atoms with van der Waals surface area (Å²) in [5, 5.41) is 10.1. The lowest BCUT2D eigenvalue weighted by molar-refractivity contribution is -0.135. The van der Waals surface area contributed by atoms with Crippen LogP contribution in [0.5, 0.6) is 17.2 Å². The first-order valence-corrected chi connectivity index (χ1v) is 8.00. The first-order chi connectivity index (χ1) is 12.9. The van der Waals surface area contributed by atoms with Gasteiger partial charge in [0.25, 0.3) is 0 Å². The molecule has 0 saturated heterocycles. The van der Waals surface area contributed by atoms with Crippen molar-refractivity contribution in [2.24, 2.45) is 5.73 Å². The van der Waals surface area contributed by atoms with Crippen molar-refractivity contribution in [2.45, 2.75) is 34.6 Å². The molecule has 0 aliphatic carbocycles. The van der Waals surface area contributed by atoms with E-state index in [9.17, 15) is 19.2 Å². The molecule has 1 rings (SSSR count). The van der Waals surface area contributed by atoms with E-state index in [1.54, 1.807) is 0 Å². The quantitative estimate of drug-likeness (QED) is 0.296. The van der Waals surface area contributed by atoms with Crippen LogP contribution < -0.4 is 30.2 Å². The molecule has 0 radical (unpaired) electrons. The fraction of sp³-hybridized carbons (Fsp3) is 0.353. The number of urea groups is 1. The molecule has 0 fully saturated rings. The molecule has 152 valence electrons. The molecule has 0 atom stereocenters. The first-order valence-electron chi connectivity index (χ1n) is 8.00. The molecule has 0 heterocycles. The van der Waals surface area contributed by atoms with Gasteiger partial charge in [0.1, 0.15) is 0 Å². The number of carbonyl (C=O) groups excluding carboxylic acids is 4. The highest BCUT2D eigenvalue weighted by Crippen LogP contribution is 2.49. The van der Waals surface area contributed by atoms with E-state index in [1.807, 2.05) is 0 Å². The topological polar surface area (TPSA) is 161 Å². The Balaban J connectivity index is 4.03. The Morgan fingerprint density at radius 1 is 0.857 bits per heavy atom. The molecule has 2 amide bonds. The summed E-state index contributed by atoms with van der Waals surface area (Å²) in [6, 6.07) is -0.763. The fourth-order valence-electron chi connectivity index (χ4n) is 2.49. The van der Waals surface area contributed by atoms with E-state index in [0.29, 0.717) is 0 Å². The van der Waals surface area contributed by atoms with Crippen molar-refractivity contribution in [1.29, 1.82) is 5.41 Å². The Kier molecular flexibility index (Phi) is 7.08. The van der Waals surface area contributed by atoms with E-state index in [2.05, 4.69) is 5.32 Å². The fourth-order valence-corrected chi connectivity index (χ4v) is 2.49. The second-order valence-electron chi connectivity index (χ2n) is 5.64. The molecular formula is C17H22N4O7. The summed E-state index contributed by atoms with van der Waals surface area (Å²) >= 11 is 0. The summed E-state index contributed by atoms with van der Waals surface area (Å²) in [5.41, 5.74) is 5.88. The number of benzene rings is 1. The smallest absolute Gasteiger partial charge is 0.328 e. The number of nitrogens with two attached hydrogens (primary N) is 1. The maximum absolute atomic E-state index is 12.3. The summed E-state index contributed by atoms with van der Waals surface area (Å²) in [4.78, 5) is 47.8. The summed E-state index contributed by atoms with van der Waals surface area (Å²) in [5.74, 6) is -3.73. The molecule has 0 saturated carbocycles. The van der Waals surface area contributed by atoms with Crippen LogP contribution in [0, 0.1) is 19.3 Å². The number of guanidine groups is 1. The summed E-state index contributed by atoms with van der Waals surface area (Å²) in [6.07, 6.45) is 0. The summed E-state index contributed by atoms with van der Waals surface area (Å²) in [7, 11) is 1.33. The van der Waals surface area contributed by atoms with Gasteiger partial charge in [0.15, 0.2) is 11.5 Å². The maximum atomic E-state index is 12.3. The Hall–Kier alpha value is -3.63. The third-order valence-corrected chi connectivity index (χ3v) is 3.42. The van der Waals surface area contributed by atoms with Crippen molar-refractivity contribution in [3.63, 3.8) is 0 Å². The molecule has 11 nitrogen and oxygen atoms in total. The number of esters is 3. The SMILES string of the molecule is CNC(=O)N(C(=N)N)c1c(C)c(OC(C)=O)c(OC(C)=O)c(OC(C)=O)c1C. The normalized spacial score (nSPS) is 9.93. The van der Waals surface area contributed by atoms with E-state index in [-0.39, 0.29) is 34.1 Å². The van der Waals surface area contributed by atoms with Crippen molar-refractivity contribution in [1.82, 2.24) is 5.32 Å². The van der Waals surface area contributed by atoms with Gasteiger partial charge in [-0.1, -0.05) is 0 Å². The van der Waals surface area contributed by atoms with Gasteiger partial charge < -0.3 is 25.3 Å². The molecule has 0 unspecified atom stereocenters. The van der Waals surface area contributed by atoms with Crippen LogP contribution in [0.25, 0.3) is 0 Å². The molecule has 11 heteroatoms. The monoisotopic (exact) mass is 394 g/mol. The first kappa shape index (κ1) is 22.4. The van der Waals surface area contributed by atoms with Crippen LogP contribution in [0.2, 0.25) is 0 Å². The van der Waals surface area contributed by atoms with E-state index < -0.39 is 29.9 Å². The van der Waals surface area contributed by atoms with Crippen LogP contribution in [0.3, 0.4) is 0 Å². The third kappa shape index (κ3) is 4.75. The number of nitrogens with zero attached hydrogens (tertiary/aromatic N) is 1. The van der Waals surface area contributed by atoms with Crippen molar-refractivity contribution in [3.05, 3.63) is 11.1 Å². The van der Waals surface area contributed by atoms with Crippen LogP contribution in [-0.2, 0) is 14.4 Å². The number of nitrogens with one attached hydrogen (secondary N) is 2. The Morgan fingerprint density at radius 2 is 1.21 bits per heavy atom. The van der Waals surface area contributed by atoms with E-state index in [0.717, 1.165) is 25.7 Å². The van der Waals surface area contributed by atoms with Gasteiger partial charge in [-0.25, -0.2) is 9.69 Å². The molecule has 0 aliphatic heterocycles. The predicted molar refractivity (Wildman–Crippen MR) is 98.7 cm³/mol. The highest BCUT2D eigenvalue weighted by atomic mass is 16.6. The molecule has 1 aromatic carbocycles. The zero-order valence-electron chi connectivity index (χ0n) is 16.4. The van der Waals surface area contributed by atoms with Crippen molar-refractivity contribution in [2.75, 3.05) is 11.9 Å². The highest BCUT2D eigenvalue weighted by molar-refractivity contribution is 6.15. The van der Waals surface area contributed by atoms with Gasteiger partial charge in [-0.05, 0) is 13.8 Å². The molecule has 1 aromatic rings. The lowest BCUT2D eigenvalue weighted by Gasteiger charge is -2.27. The Labute approximate surface area is 161 Å². The van der Waals surface area contributed by atoms with Crippen LogP contribution in [0.1, 0.15) is 31.9 Å². The highest BCUT2D eigenvalue weighted by Gasteiger charge is 2.32. The van der Waals surface area contributed by atoms with Crippen molar-refractivity contribution < 1.29 is 33.4 Å². The molecule has 0 bridgehead atoms. The predicted octanol–water partition coefficient (Wildman–Crippen LogP) is 1.12. The standard InChI is InChI=1S/C17H22N4O7/c1-7-12(21(16(18)19)17(25)20-6)8(2)14(27-10(4)23)15(28-11(5)24)13(7)26-9(3)22/h1-6H3,(H3,18,19)(H,20,25). The molecule has 28 heavy (non-hydrogen) atoms. The zero-order valence-corrected chi connectivity index (χ0v) is 16.4. The van der Waals surface area contributed by atoms with Gasteiger partial charge in [-0.3, -0.25) is 19.8 Å². The van der Waals surface area contributed by atoms with Crippen molar-refractivity contribution in [3.8, 4) is 17.2 Å². The molecule has 0 aliphatic rings. The molecular weight excluding hydrogens is 372 g/mol. The van der Waals surface area contributed by atoms with Crippen LogP contribution in [0.4, 0.5) is 10.5 Å². The Morgan fingerprint density at radius 3 is 1.50 bits per heavy atom. The van der Waals surface area contributed by atoms with Gasteiger partial charge in [0, 0.05) is 38.9 Å². The number of anilines is 1. The third-order valence-electron chi connectivity index (χ3n) is 3.42. The minimum absolute atomic E-state index is 0.0234. The lowest BCUT2D eigenvalue weighted by atomic mass is 10.0. The van der Waals surface area contributed by atoms with E-state index in [4.69, 9.17) is 25.4 Å². The van der Waals surface area contributed by atoms with Gasteiger partial charge in [-0.2, -0.15) is 0 Å². The van der Waals surface area contributed by atoms with Crippen LogP contribution in [0.15, 0.2) is 0 Å². The number of carbonyl (C=O) groups is 4. The van der Waals surface area contributed by atoms with Crippen LogP contribution >= 0.6 is 0 Å². The van der Waals surface area contributed by atoms with E-state index in [1.165, 1.54) is 20.9 Å². The Bertz CT molecular complexity index is 821. The summed E-state index contributed by atoms with van der Waals surface area (Å²) < 4.78 is 15.4. The molecule has 0 spiro atoms. The zero-order chi connectivity index (χ0) is 21.8. The number of ether oxygens (including phenoxy) is 3. The second kappa shape index (κ2) is 8.84. The van der Waals surface area contributed by atoms with Gasteiger partial charge in [-0.15, -0.1) is 0 Å². The van der Waals surface area contributed by atoms with E-state index >= 15 is 0 Å². The lowest BCUT2D eigenvalue weighted by Crippen LogP contribution is -2.46. The number of rotatable bonds is 4. The van der Waals surface area contributed by atoms with Crippen LogP contribution in [-0.4, -0.2) is 36.9 Å². The van der Waals surface area contributed by atoms with Gasteiger partial charge in [0.2, 0.25) is 11.7 Å². The van der Waals surface area contributed by atoms with Gasteiger partial charge in [0.05, 0.1) is 5.69 Å². The maximum Gasteiger partial charge on any atom is 0.328 e. The minimum Gasteiger partial charge on any atom is -0.422 e. The number of hydrogen-bond acceptors (Lipinski definition) is 8. The second-order valence-corrected chi connectivity index (χ2v) is 5.64. The van der Waals surface area contributed by atoms with Gasteiger partial charge >= 0.3 is 23.9 Å². The summed E-state index contributed by atoms with van der Waals surface area (Å²) in [6.45, 7) is 6.27. The molecule has 0 aromatic heterocycles. The largest absolute Gasteiger partial charge is 0.422 e. The minimum atomic E-state index is -0.763. The molecule has 4 N–H and O–H groups in total. The number of amides is 2. The van der Waals surface area contributed by atoms with Crippen molar-refractivity contribution >= 4 is 35.6 Å².